The van der Waals surface area contributed by atoms with Crippen molar-refractivity contribution in [2.75, 3.05) is 13.1 Å². The molecule has 7 heteroatoms. The molecular weight excluding hydrogens is 403 g/mol. The zero-order chi connectivity index (χ0) is 23.0. The molecule has 1 aliphatic heterocycles. The predicted octanol–water partition coefficient (Wildman–Crippen LogP) is 3.70. The highest BCUT2D eigenvalue weighted by Gasteiger charge is 2.34. The molecule has 1 heterocycles. The third-order valence-corrected chi connectivity index (χ3v) is 6.60. The largest absolute Gasteiger partial charge is 0.480 e. The van der Waals surface area contributed by atoms with E-state index in [2.05, 4.69) is 41.3 Å². The number of likely N-dealkylation sites (tertiary alicyclic amines) is 1. The summed E-state index contributed by atoms with van der Waals surface area (Å²) in [4.78, 5) is 14.2. The van der Waals surface area contributed by atoms with E-state index in [1.807, 2.05) is 18.2 Å². The minimum absolute atomic E-state index is 0.244. The van der Waals surface area contributed by atoms with Gasteiger partial charge in [-0.2, -0.15) is 0 Å². The van der Waals surface area contributed by atoms with Gasteiger partial charge in [-0.15, -0.1) is 0 Å². The summed E-state index contributed by atoms with van der Waals surface area (Å²) in [6, 6.07) is 19.5. The van der Waals surface area contributed by atoms with E-state index in [1.54, 1.807) is 0 Å². The monoisotopic (exact) mass is 438 g/mol. The molecule has 2 aromatic rings. The molecule has 0 saturated carbocycles. The third-order valence-electron chi connectivity index (χ3n) is 6.60. The fourth-order valence-electron chi connectivity index (χ4n) is 4.70. The highest BCUT2D eigenvalue weighted by atomic mass is 16.4. The normalized spacial score (nSPS) is 18.4. The predicted molar refractivity (Wildman–Crippen MR) is 128 cm³/mol. The Morgan fingerprint density at radius 3 is 2.31 bits per heavy atom. The minimum atomic E-state index is -1.35. The van der Waals surface area contributed by atoms with E-state index in [0.29, 0.717) is 31.7 Å². The van der Waals surface area contributed by atoms with Gasteiger partial charge < -0.3 is 20.9 Å². The average molecular weight is 438 g/mol. The molecule has 0 bridgehead atoms. The van der Waals surface area contributed by atoms with Crippen LogP contribution in [0.1, 0.15) is 56.6 Å². The Morgan fingerprint density at radius 1 is 1.00 bits per heavy atom. The zero-order valence-electron chi connectivity index (χ0n) is 18.7. The molecular formula is C25H35BN2O4. The lowest BCUT2D eigenvalue weighted by atomic mass is 9.81. The Hall–Kier alpha value is -2.19. The highest BCUT2D eigenvalue weighted by molar-refractivity contribution is 6.40. The maximum absolute atomic E-state index is 11.8. The SMILES string of the molecule is NC(CCCCB(O)O)(CCCN1CCCC1c1ccc(-c2ccccc2)cc1)C(=O)O. The lowest BCUT2D eigenvalue weighted by Crippen LogP contribution is -2.48. The maximum atomic E-state index is 11.8. The van der Waals surface area contributed by atoms with Gasteiger partial charge in [0.15, 0.2) is 0 Å². The molecule has 1 aliphatic rings. The van der Waals surface area contributed by atoms with Crippen LogP contribution >= 0.6 is 0 Å². The number of carbonyl (C=O) groups is 1. The van der Waals surface area contributed by atoms with Crippen LogP contribution in [-0.2, 0) is 4.79 Å². The second kappa shape index (κ2) is 11.6. The van der Waals surface area contributed by atoms with Gasteiger partial charge >= 0.3 is 13.1 Å². The first-order valence-corrected chi connectivity index (χ1v) is 11.7. The molecule has 2 aromatic carbocycles. The van der Waals surface area contributed by atoms with Crippen LogP contribution in [0.2, 0.25) is 6.32 Å². The van der Waals surface area contributed by atoms with Crippen molar-refractivity contribution in [2.24, 2.45) is 5.73 Å². The van der Waals surface area contributed by atoms with Gasteiger partial charge in [0, 0.05) is 6.04 Å². The molecule has 32 heavy (non-hydrogen) atoms. The number of carboxylic acid groups (broad SMARTS) is 1. The van der Waals surface area contributed by atoms with Crippen LogP contribution in [-0.4, -0.2) is 51.8 Å². The van der Waals surface area contributed by atoms with Gasteiger partial charge in [-0.1, -0.05) is 67.4 Å². The quantitative estimate of drug-likeness (QED) is 0.297. The number of nitrogens with zero attached hydrogens (tertiary/aromatic N) is 1. The average Bonchev–Trinajstić information content (AvgIpc) is 3.26. The Balaban J connectivity index is 1.53. The van der Waals surface area contributed by atoms with Crippen LogP contribution in [0, 0.1) is 0 Å². The summed E-state index contributed by atoms with van der Waals surface area (Å²) in [6.45, 7) is 1.84. The van der Waals surface area contributed by atoms with E-state index in [1.165, 1.54) is 16.7 Å². The van der Waals surface area contributed by atoms with Crippen LogP contribution in [0.15, 0.2) is 54.6 Å². The van der Waals surface area contributed by atoms with Crippen molar-refractivity contribution in [1.29, 1.82) is 0 Å². The number of hydrogen-bond donors (Lipinski definition) is 4. The molecule has 1 fully saturated rings. The van der Waals surface area contributed by atoms with Crippen molar-refractivity contribution >= 4 is 13.1 Å². The molecule has 1 saturated heterocycles. The molecule has 172 valence electrons. The smallest absolute Gasteiger partial charge is 0.451 e. The summed E-state index contributed by atoms with van der Waals surface area (Å²) in [5.41, 5.74) is 8.69. The van der Waals surface area contributed by atoms with Crippen LogP contribution in [0.5, 0.6) is 0 Å². The molecule has 2 atom stereocenters. The number of carboxylic acids is 1. The summed E-state index contributed by atoms with van der Waals surface area (Å²) in [7, 11) is -1.35. The van der Waals surface area contributed by atoms with Gasteiger partial charge in [0.25, 0.3) is 0 Å². The number of unbranched alkanes of at least 4 members (excludes halogenated alkanes) is 1. The van der Waals surface area contributed by atoms with Gasteiger partial charge in [0.1, 0.15) is 5.54 Å². The number of benzene rings is 2. The van der Waals surface area contributed by atoms with Gasteiger partial charge in [-0.05, 0) is 68.2 Å². The molecule has 0 radical (unpaired) electrons. The van der Waals surface area contributed by atoms with E-state index in [0.717, 1.165) is 32.4 Å². The summed E-state index contributed by atoms with van der Waals surface area (Å²) >= 11 is 0. The van der Waals surface area contributed by atoms with Crippen LogP contribution < -0.4 is 5.73 Å². The van der Waals surface area contributed by atoms with Crippen molar-refractivity contribution in [3.05, 3.63) is 60.2 Å². The standard InChI is InChI=1S/C25H35BN2O4/c27-25(24(29)30,15-4-5-17-26(31)32)16-7-19-28-18-6-10-23(28)22-13-11-21(12-14-22)20-8-2-1-3-9-20/h1-3,8-9,11-14,23,31-32H,4-7,10,15-19,27H2,(H,29,30). The molecule has 2 unspecified atom stereocenters. The number of nitrogens with two attached hydrogens (primary N) is 1. The Kier molecular flexibility index (Phi) is 8.88. The van der Waals surface area contributed by atoms with Gasteiger partial charge in [0.2, 0.25) is 0 Å². The number of rotatable bonds is 12. The molecule has 5 N–H and O–H groups in total. The van der Waals surface area contributed by atoms with Crippen molar-refractivity contribution in [2.45, 2.75) is 62.8 Å². The fraction of sp³-hybridized carbons (Fsp3) is 0.480. The first-order valence-electron chi connectivity index (χ1n) is 11.7. The van der Waals surface area contributed by atoms with E-state index in [-0.39, 0.29) is 6.32 Å². The molecule has 0 aliphatic carbocycles. The summed E-state index contributed by atoms with van der Waals surface area (Å²) in [5, 5.41) is 27.5. The van der Waals surface area contributed by atoms with Gasteiger partial charge in [0.05, 0.1) is 0 Å². The van der Waals surface area contributed by atoms with E-state index >= 15 is 0 Å². The lowest BCUT2D eigenvalue weighted by molar-refractivity contribution is -0.144. The Morgan fingerprint density at radius 2 is 1.66 bits per heavy atom. The molecule has 0 spiro atoms. The molecule has 0 aromatic heterocycles. The van der Waals surface area contributed by atoms with Crippen molar-refractivity contribution in [1.82, 2.24) is 4.90 Å². The molecule has 6 nitrogen and oxygen atoms in total. The van der Waals surface area contributed by atoms with Crippen molar-refractivity contribution < 1.29 is 19.9 Å². The van der Waals surface area contributed by atoms with E-state index < -0.39 is 18.6 Å². The second-order valence-corrected chi connectivity index (χ2v) is 8.97. The molecule has 0 amide bonds. The minimum Gasteiger partial charge on any atom is -0.480 e. The maximum Gasteiger partial charge on any atom is 0.451 e. The summed E-state index contributed by atoms with van der Waals surface area (Å²) in [5.74, 6) is -0.975. The van der Waals surface area contributed by atoms with Crippen LogP contribution in [0.4, 0.5) is 0 Å². The highest BCUT2D eigenvalue weighted by Crippen LogP contribution is 2.33. The third kappa shape index (κ3) is 6.66. The van der Waals surface area contributed by atoms with Crippen LogP contribution in [0.25, 0.3) is 11.1 Å². The number of aliphatic carboxylic acids is 1. The molecule has 3 rings (SSSR count). The van der Waals surface area contributed by atoms with Crippen LogP contribution in [0.3, 0.4) is 0 Å². The van der Waals surface area contributed by atoms with E-state index in [4.69, 9.17) is 15.8 Å². The van der Waals surface area contributed by atoms with E-state index in [9.17, 15) is 9.90 Å². The number of hydrogen-bond acceptors (Lipinski definition) is 5. The Bertz CT molecular complexity index is 847. The first-order chi connectivity index (χ1) is 15.4. The zero-order valence-corrected chi connectivity index (χ0v) is 18.7. The van der Waals surface area contributed by atoms with Gasteiger partial charge in [-0.3, -0.25) is 9.69 Å². The summed E-state index contributed by atoms with van der Waals surface area (Å²) < 4.78 is 0. The van der Waals surface area contributed by atoms with Crippen molar-refractivity contribution in [3.8, 4) is 11.1 Å². The topological polar surface area (TPSA) is 107 Å². The first kappa shape index (κ1) is 24.5. The second-order valence-electron chi connectivity index (χ2n) is 8.97. The Labute approximate surface area is 191 Å². The van der Waals surface area contributed by atoms with Gasteiger partial charge in [-0.25, -0.2) is 0 Å². The van der Waals surface area contributed by atoms with Crippen molar-refractivity contribution in [3.63, 3.8) is 0 Å². The lowest BCUT2D eigenvalue weighted by Gasteiger charge is -2.28. The fourth-order valence-corrected chi connectivity index (χ4v) is 4.70. The summed E-state index contributed by atoms with van der Waals surface area (Å²) in [6.07, 6.45) is 5.11.